The molecule has 2 aliphatic rings. The molecule has 2 fully saturated rings. The van der Waals surface area contributed by atoms with Gasteiger partial charge in [0.05, 0.1) is 18.0 Å². The van der Waals surface area contributed by atoms with E-state index in [-0.39, 0.29) is 28.9 Å². The zero-order valence-corrected chi connectivity index (χ0v) is 27.8. The maximum atomic E-state index is 14.2. The first kappa shape index (κ1) is 29.3. The van der Waals surface area contributed by atoms with Gasteiger partial charge in [0.25, 0.3) is 17.1 Å². The van der Waals surface area contributed by atoms with Crippen molar-refractivity contribution in [2.24, 2.45) is 0 Å². The Bertz CT molecular complexity index is 2800. The minimum Gasteiger partial charge on any atom is -0.296 e. The smallest absolute Gasteiger partial charge is 0.276 e. The van der Waals surface area contributed by atoms with Crippen molar-refractivity contribution in [3.8, 4) is 34.2 Å². The van der Waals surface area contributed by atoms with Crippen LogP contribution in [0.5, 0.6) is 0 Å². The second kappa shape index (κ2) is 10.7. The fraction of sp³-hybridized carbons (Fsp3) is 0.257. The minimum absolute atomic E-state index is 0.0838. The lowest BCUT2D eigenvalue weighted by Crippen LogP contribution is -2.22. The van der Waals surface area contributed by atoms with E-state index in [4.69, 9.17) is 9.97 Å². The van der Waals surface area contributed by atoms with Gasteiger partial charge in [0.1, 0.15) is 0 Å². The fourth-order valence-corrected chi connectivity index (χ4v) is 7.30. The lowest BCUT2D eigenvalue weighted by Gasteiger charge is -2.06. The van der Waals surface area contributed by atoms with Crippen LogP contribution in [0.15, 0.2) is 71.3 Å². The molecule has 10 rings (SSSR count). The van der Waals surface area contributed by atoms with Gasteiger partial charge in [-0.1, -0.05) is 0 Å². The van der Waals surface area contributed by atoms with Crippen LogP contribution in [0.25, 0.3) is 45.4 Å². The van der Waals surface area contributed by atoms with Gasteiger partial charge in [-0.3, -0.25) is 19.8 Å². The summed E-state index contributed by atoms with van der Waals surface area (Å²) in [5, 5.41) is 15.5. The molecule has 0 spiro atoms. The second-order valence-corrected chi connectivity index (χ2v) is 13.4. The summed E-state index contributed by atoms with van der Waals surface area (Å²) in [7, 11) is 0. The zero-order valence-electron chi connectivity index (χ0n) is 27.8. The molecular weight excluding hydrogens is 648 g/mol. The SMILES string of the molecule is Cc1ccnc(-n2cc(-c3c(C4CC4c4c(C)nc5c(-c6cnn(-c7ncccn7)c6)c[nH]n5c4=O)[nH]n4c(=O)c(C5CC5)c(C)nc34)cn2)n1. The fourth-order valence-electron chi connectivity index (χ4n) is 7.30. The van der Waals surface area contributed by atoms with Gasteiger partial charge in [-0.05, 0) is 58.1 Å². The van der Waals surface area contributed by atoms with Crippen LogP contribution >= 0.6 is 0 Å². The van der Waals surface area contributed by atoms with E-state index in [2.05, 4.69) is 40.3 Å². The highest BCUT2D eigenvalue weighted by molar-refractivity contribution is 5.81. The average molecular weight is 679 g/mol. The Morgan fingerprint density at radius 2 is 1.43 bits per heavy atom. The van der Waals surface area contributed by atoms with Crippen LogP contribution in [0.4, 0.5) is 0 Å². The third-order valence-electron chi connectivity index (χ3n) is 9.95. The summed E-state index contributed by atoms with van der Waals surface area (Å²) >= 11 is 0. The molecule has 0 aromatic carbocycles. The molecule has 2 aliphatic carbocycles. The van der Waals surface area contributed by atoms with Gasteiger partial charge in [0.2, 0.25) is 5.95 Å². The van der Waals surface area contributed by atoms with Crippen LogP contribution < -0.4 is 11.1 Å². The highest BCUT2D eigenvalue weighted by Crippen LogP contribution is 2.56. The van der Waals surface area contributed by atoms with Crippen molar-refractivity contribution in [3.05, 3.63) is 116 Å². The summed E-state index contributed by atoms with van der Waals surface area (Å²) in [4.78, 5) is 55.4. The number of fused-ring (bicyclic) bond motifs is 2. The molecule has 2 saturated carbocycles. The molecule has 51 heavy (non-hydrogen) atoms. The highest BCUT2D eigenvalue weighted by atomic mass is 16.1. The predicted octanol–water partition coefficient (Wildman–Crippen LogP) is 3.72. The minimum atomic E-state index is -0.167. The van der Waals surface area contributed by atoms with Gasteiger partial charge < -0.3 is 0 Å². The summed E-state index contributed by atoms with van der Waals surface area (Å²) in [6.07, 6.45) is 16.5. The predicted molar refractivity (Wildman–Crippen MR) is 184 cm³/mol. The van der Waals surface area contributed by atoms with Crippen LogP contribution in [-0.2, 0) is 0 Å². The molecule has 16 heteroatoms. The first-order chi connectivity index (χ1) is 24.8. The van der Waals surface area contributed by atoms with E-state index in [0.717, 1.165) is 57.7 Å². The first-order valence-electron chi connectivity index (χ1n) is 16.8. The second-order valence-electron chi connectivity index (χ2n) is 13.4. The summed E-state index contributed by atoms with van der Waals surface area (Å²) in [6, 6.07) is 3.57. The van der Waals surface area contributed by atoms with Crippen LogP contribution in [0.3, 0.4) is 0 Å². The van der Waals surface area contributed by atoms with Gasteiger partial charge in [0, 0.05) is 99.6 Å². The van der Waals surface area contributed by atoms with Crippen molar-refractivity contribution in [2.45, 2.75) is 57.8 Å². The Morgan fingerprint density at radius 3 is 2.22 bits per heavy atom. The monoisotopic (exact) mass is 678 g/mol. The van der Waals surface area contributed by atoms with Gasteiger partial charge in [-0.15, -0.1) is 0 Å². The van der Waals surface area contributed by atoms with Crippen LogP contribution in [0, 0.1) is 20.8 Å². The summed E-state index contributed by atoms with van der Waals surface area (Å²) in [5.41, 5.74) is 8.25. The van der Waals surface area contributed by atoms with Gasteiger partial charge >= 0.3 is 0 Å². The van der Waals surface area contributed by atoms with Crippen LogP contribution in [-0.4, -0.2) is 68.7 Å². The molecule has 0 aliphatic heterocycles. The molecule has 8 aromatic heterocycles. The third-order valence-corrected chi connectivity index (χ3v) is 9.95. The average Bonchev–Trinajstić information content (AvgIpc) is 3.83. The Kier molecular flexibility index (Phi) is 6.16. The molecule has 8 heterocycles. The number of aryl methyl sites for hydroxylation is 3. The largest absolute Gasteiger partial charge is 0.296 e. The topological polar surface area (TPSA) is 188 Å². The van der Waals surface area contributed by atoms with Crippen molar-refractivity contribution < 1.29 is 0 Å². The third kappa shape index (κ3) is 4.59. The molecular formula is C35H30N14O2. The maximum absolute atomic E-state index is 14.2. The van der Waals surface area contributed by atoms with Gasteiger partial charge in [-0.25, -0.2) is 48.3 Å². The van der Waals surface area contributed by atoms with E-state index in [1.54, 1.807) is 57.1 Å². The van der Waals surface area contributed by atoms with Gasteiger partial charge in [0.15, 0.2) is 11.3 Å². The normalized spacial score (nSPS) is 17.2. The number of hydrogen-bond donors (Lipinski definition) is 2. The Morgan fingerprint density at radius 1 is 0.745 bits per heavy atom. The van der Waals surface area contributed by atoms with E-state index >= 15 is 0 Å². The van der Waals surface area contributed by atoms with Gasteiger partial charge in [-0.2, -0.15) is 10.2 Å². The Balaban J connectivity index is 1.06. The molecule has 16 nitrogen and oxygen atoms in total. The number of nitrogens with one attached hydrogen (secondary N) is 2. The molecule has 0 saturated heterocycles. The van der Waals surface area contributed by atoms with Crippen molar-refractivity contribution in [2.75, 3.05) is 0 Å². The number of aromatic nitrogens is 14. The van der Waals surface area contributed by atoms with Crippen molar-refractivity contribution in [1.29, 1.82) is 0 Å². The Labute approximate surface area is 287 Å². The maximum Gasteiger partial charge on any atom is 0.276 e. The summed E-state index contributed by atoms with van der Waals surface area (Å²) < 4.78 is 6.26. The molecule has 0 radical (unpaired) electrons. The Hall–Kier alpha value is -6.58. The molecule has 2 unspecified atom stereocenters. The summed E-state index contributed by atoms with van der Waals surface area (Å²) in [6.45, 7) is 5.68. The molecule has 2 N–H and O–H groups in total. The van der Waals surface area contributed by atoms with E-state index in [1.807, 2.05) is 39.2 Å². The van der Waals surface area contributed by atoms with Crippen LogP contribution in [0.1, 0.15) is 70.9 Å². The zero-order chi connectivity index (χ0) is 34.5. The molecule has 2 atom stereocenters. The lowest BCUT2D eigenvalue weighted by atomic mass is 10.0. The molecule has 0 amide bonds. The van der Waals surface area contributed by atoms with E-state index in [1.165, 1.54) is 4.52 Å². The number of nitrogens with zero attached hydrogens (tertiary/aromatic N) is 12. The number of rotatable bonds is 7. The summed E-state index contributed by atoms with van der Waals surface area (Å²) in [5.74, 6) is 0.899. The van der Waals surface area contributed by atoms with E-state index in [0.29, 0.717) is 40.9 Å². The quantitative estimate of drug-likeness (QED) is 0.252. The number of aromatic amines is 2. The van der Waals surface area contributed by atoms with E-state index in [9.17, 15) is 9.59 Å². The number of hydrogen-bond acceptors (Lipinski definition) is 10. The molecule has 252 valence electrons. The standard InChI is InChI=1S/C35H30N14O2/c1-17-7-10-38-35(42-17)47-16-22(13-40-47)28-29(45-49-31(28)44-18(2)26(32(49)50)20-5-6-20)24-11-23(24)27-19(3)43-30-25(14-41-48(30)33(27)51)21-12-39-46(15-21)34-36-8-4-9-37-34/h4,7-10,12-16,20,23-24,41,45H,5-6,11H2,1-3H3. The number of H-pyrrole nitrogens is 2. The van der Waals surface area contributed by atoms with Crippen LogP contribution in [0.2, 0.25) is 0 Å². The lowest BCUT2D eigenvalue weighted by molar-refractivity contribution is 0.801. The van der Waals surface area contributed by atoms with Crippen molar-refractivity contribution in [1.82, 2.24) is 68.7 Å². The first-order valence-corrected chi connectivity index (χ1v) is 16.8. The van der Waals surface area contributed by atoms with E-state index < -0.39 is 0 Å². The van der Waals surface area contributed by atoms with Crippen molar-refractivity contribution >= 4 is 11.3 Å². The highest BCUT2D eigenvalue weighted by Gasteiger charge is 2.46. The molecule has 0 bridgehead atoms. The molecule has 8 aromatic rings. The van der Waals surface area contributed by atoms with Crippen molar-refractivity contribution in [3.63, 3.8) is 0 Å².